The Morgan fingerprint density at radius 1 is 1.45 bits per heavy atom. The highest BCUT2D eigenvalue weighted by Gasteiger charge is 2.25. The fourth-order valence-electron chi connectivity index (χ4n) is 2.36. The number of halogens is 1. The van der Waals surface area contributed by atoms with Gasteiger partial charge in [0.05, 0.1) is 6.10 Å². The van der Waals surface area contributed by atoms with E-state index in [1.54, 1.807) is 24.3 Å². The van der Waals surface area contributed by atoms with Gasteiger partial charge in [-0.15, -0.1) is 0 Å². The van der Waals surface area contributed by atoms with E-state index in [-0.39, 0.29) is 17.6 Å². The van der Waals surface area contributed by atoms with Crippen molar-refractivity contribution in [3.8, 4) is 0 Å². The number of rotatable bonds is 3. The van der Waals surface area contributed by atoms with Crippen LogP contribution < -0.4 is 10.6 Å². The average molecular weight is 295 g/mol. The molecule has 1 aliphatic heterocycles. The number of amides is 1. The van der Waals surface area contributed by atoms with Crippen LogP contribution in [0.25, 0.3) is 11.0 Å². The Kier molecular flexibility index (Phi) is 3.65. The van der Waals surface area contributed by atoms with E-state index >= 15 is 0 Å². The first-order chi connectivity index (χ1) is 9.63. The minimum atomic E-state index is -0.412. The second-order valence-electron chi connectivity index (χ2n) is 4.99. The summed E-state index contributed by atoms with van der Waals surface area (Å²) in [6.45, 7) is 1.70. The van der Waals surface area contributed by atoms with Crippen LogP contribution in [0, 0.1) is 5.92 Å². The number of nitrogens with one attached hydrogen (secondary N) is 2. The molecule has 1 fully saturated rings. The Bertz CT molecular complexity index is 640. The second kappa shape index (κ2) is 5.44. The molecule has 1 aromatic heterocycles. The van der Waals surface area contributed by atoms with Crippen molar-refractivity contribution in [1.82, 2.24) is 10.6 Å². The van der Waals surface area contributed by atoms with E-state index in [0.29, 0.717) is 30.2 Å². The van der Waals surface area contributed by atoms with Crippen molar-refractivity contribution in [3.05, 3.63) is 35.0 Å². The summed E-state index contributed by atoms with van der Waals surface area (Å²) in [5.74, 6) is 0.0110. The largest absolute Gasteiger partial charge is 0.451 e. The Morgan fingerprint density at radius 2 is 2.30 bits per heavy atom. The van der Waals surface area contributed by atoms with E-state index in [2.05, 4.69) is 10.6 Å². The van der Waals surface area contributed by atoms with Gasteiger partial charge in [0, 0.05) is 36.0 Å². The van der Waals surface area contributed by atoms with E-state index in [4.69, 9.17) is 16.0 Å². The molecule has 2 unspecified atom stereocenters. The van der Waals surface area contributed by atoms with Gasteiger partial charge in [0.1, 0.15) is 5.58 Å². The average Bonchev–Trinajstić information content (AvgIpc) is 3.01. The summed E-state index contributed by atoms with van der Waals surface area (Å²) in [5.41, 5.74) is 0.627. The third kappa shape index (κ3) is 2.65. The normalized spacial score (nSPS) is 22.3. The zero-order valence-electron chi connectivity index (χ0n) is 10.7. The van der Waals surface area contributed by atoms with Crippen LogP contribution in [0.4, 0.5) is 0 Å². The summed E-state index contributed by atoms with van der Waals surface area (Å²) in [4.78, 5) is 12.0. The Balaban J connectivity index is 1.69. The molecule has 3 rings (SSSR count). The van der Waals surface area contributed by atoms with Crippen molar-refractivity contribution in [2.75, 3.05) is 19.6 Å². The lowest BCUT2D eigenvalue weighted by atomic mass is 10.1. The molecule has 1 aromatic carbocycles. The zero-order chi connectivity index (χ0) is 14.1. The molecule has 2 heterocycles. The van der Waals surface area contributed by atoms with E-state index in [1.807, 2.05) is 0 Å². The lowest BCUT2D eigenvalue weighted by Gasteiger charge is -2.13. The monoisotopic (exact) mass is 294 g/mol. The first-order valence-corrected chi connectivity index (χ1v) is 6.87. The maximum atomic E-state index is 12.0. The molecule has 0 bridgehead atoms. The fraction of sp³-hybridized carbons (Fsp3) is 0.357. The molecule has 2 aromatic rings. The minimum absolute atomic E-state index is 0.0396. The summed E-state index contributed by atoms with van der Waals surface area (Å²) in [7, 11) is 0. The van der Waals surface area contributed by atoms with Gasteiger partial charge < -0.3 is 20.2 Å². The SMILES string of the molecule is O=C(NCC1CNCC1O)c1cc2cc(Cl)ccc2o1. The van der Waals surface area contributed by atoms with Gasteiger partial charge in [0.15, 0.2) is 5.76 Å². The van der Waals surface area contributed by atoms with Crippen LogP contribution in [-0.2, 0) is 0 Å². The molecule has 0 saturated carbocycles. The maximum Gasteiger partial charge on any atom is 0.287 e. The van der Waals surface area contributed by atoms with Gasteiger partial charge in [-0.25, -0.2) is 0 Å². The highest BCUT2D eigenvalue weighted by molar-refractivity contribution is 6.31. The van der Waals surface area contributed by atoms with Crippen molar-refractivity contribution in [3.63, 3.8) is 0 Å². The highest BCUT2D eigenvalue weighted by Crippen LogP contribution is 2.23. The van der Waals surface area contributed by atoms with Gasteiger partial charge in [-0.2, -0.15) is 0 Å². The van der Waals surface area contributed by atoms with Gasteiger partial charge in [0.25, 0.3) is 5.91 Å². The summed E-state index contributed by atoms with van der Waals surface area (Å²) in [6.07, 6.45) is -0.412. The lowest BCUT2D eigenvalue weighted by molar-refractivity contribution is 0.0902. The standard InChI is InChI=1S/C14H15ClN2O3/c15-10-1-2-12-8(3-10)4-13(20-12)14(19)17-6-9-5-16-7-11(9)18/h1-4,9,11,16,18H,5-7H2,(H,17,19). The van der Waals surface area contributed by atoms with Gasteiger partial charge in [-0.1, -0.05) is 11.6 Å². The summed E-state index contributed by atoms with van der Waals surface area (Å²) in [5, 5.41) is 16.9. The second-order valence-corrected chi connectivity index (χ2v) is 5.42. The molecule has 5 nitrogen and oxygen atoms in total. The minimum Gasteiger partial charge on any atom is -0.451 e. The molecule has 0 spiro atoms. The lowest BCUT2D eigenvalue weighted by Crippen LogP contribution is -2.34. The highest BCUT2D eigenvalue weighted by atomic mass is 35.5. The van der Waals surface area contributed by atoms with Crippen molar-refractivity contribution >= 4 is 28.5 Å². The molecule has 0 aliphatic carbocycles. The van der Waals surface area contributed by atoms with Gasteiger partial charge >= 0.3 is 0 Å². The number of furan rings is 1. The molecular weight excluding hydrogens is 280 g/mol. The Hall–Kier alpha value is -1.56. The van der Waals surface area contributed by atoms with E-state index in [0.717, 1.165) is 5.39 Å². The number of carbonyl (C=O) groups excluding carboxylic acids is 1. The van der Waals surface area contributed by atoms with Crippen LogP contribution >= 0.6 is 11.6 Å². The number of aliphatic hydroxyl groups excluding tert-OH is 1. The van der Waals surface area contributed by atoms with E-state index in [1.165, 1.54) is 0 Å². The van der Waals surface area contributed by atoms with Crippen LogP contribution in [0.2, 0.25) is 5.02 Å². The number of aliphatic hydroxyl groups is 1. The van der Waals surface area contributed by atoms with Gasteiger partial charge in [-0.3, -0.25) is 4.79 Å². The molecule has 20 heavy (non-hydrogen) atoms. The first-order valence-electron chi connectivity index (χ1n) is 6.49. The van der Waals surface area contributed by atoms with E-state index < -0.39 is 6.10 Å². The van der Waals surface area contributed by atoms with Crippen molar-refractivity contribution < 1.29 is 14.3 Å². The summed E-state index contributed by atoms with van der Waals surface area (Å²) < 4.78 is 5.48. The third-order valence-corrected chi connectivity index (χ3v) is 3.77. The topological polar surface area (TPSA) is 74.5 Å². The number of fused-ring (bicyclic) bond motifs is 1. The molecular formula is C14H15ClN2O3. The molecule has 3 N–H and O–H groups in total. The fourth-order valence-corrected chi connectivity index (χ4v) is 2.55. The van der Waals surface area contributed by atoms with Crippen molar-refractivity contribution in [1.29, 1.82) is 0 Å². The first kappa shape index (κ1) is 13.4. The van der Waals surface area contributed by atoms with Gasteiger partial charge in [-0.05, 0) is 24.3 Å². The van der Waals surface area contributed by atoms with Crippen molar-refractivity contribution in [2.24, 2.45) is 5.92 Å². The van der Waals surface area contributed by atoms with Gasteiger partial charge in [0.2, 0.25) is 0 Å². The maximum absolute atomic E-state index is 12.0. The Labute approximate surface area is 120 Å². The molecule has 1 aliphatic rings. The van der Waals surface area contributed by atoms with Crippen LogP contribution in [0.1, 0.15) is 10.6 Å². The van der Waals surface area contributed by atoms with Crippen molar-refractivity contribution in [2.45, 2.75) is 6.10 Å². The van der Waals surface area contributed by atoms with E-state index in [9.17, 15) is 9.90 Å². The summed E-state index contributed by atoms with van der Waals surface area (Å²) >= 11 is 5.89. The molecule has 1 saturated heterocycles. The van der Waals surface area contributed by atoms with Crippen LogP contribution in [-0.4, -0.2) is 36.8 Å². The molecule has 1 amide bonds. The number of hydrogen-bond donors (Lipinski definition) is 3. The predicted molar refractivity (Wildman–Crippen MR) is 75.9 cm³/mol. The number of hydrogen-bond acceptors (Lipinski definition) is 4. The molecule has 106 valence electrons. The number of benzene rings is 1. The molecule has 6 heteroatoms. The summed E-state index contributed by atoms with van der Waals surface area (Å²) in [6, 6.07) is 6.87. The third-order valence-electron chi connectivity index (χ3n) is 3.53. The molecule has 0 radical (unpaired) electrons. The molecule has 2 atom stereocenters. The smallest absolute Gasteiger partial charge is 0.287 e. The van der Waals surface area contributed by atoms with Crippen LogP contribution in [0.5, 0.6) is 0 Å². The van der Waals surface area contributed by atoms with Crippen LogP contribution in [0.15, 0.2) is 28.7 Å². The zero-order valence-corrected chi connectivity index (χ0v) is 11.5. The number of carbonyl (C=O) groups is 1. The Morgan fingerprint density at radius 3 is 3.05 bits per heavy atom. The number of β-amino-alcohol motifs (C(OH)–C–C–N with tert-alkyl or cyclic N) is 1. The quantitative estimate of drug-likeness (QED) is 0.800. The predicted octanol–water partition coefficient (Wildman–Crippen LogP) is 1.40. The van der Waals surface area contributed by atoms with Crippen LogP contribution in [0.3, 0.4) is 0 Å².